The first-order chi connectivity index (χ1) is 12.0. The molecule has 1 rings (SSSR count). The van der Waals surface area contributed by atoms with E-state index < -0.39 is 5.97 Å². The van der Waals surface area contributed by atoms with Gasteiger partial charge in [0.15, 0.2) is 17.3 Å². The van der Waals surface area contributed by atoms with Gasteiger partial charge in [-0.25, -0.2) is 4.79 Å². The van der Waals surface area contributed by atoms with Crippen LogP contribution in [0.4, 0.5) is 0 Å². The zero-order valence-electron chi connectivity index (χ0n) is 15.5. The van der Waals surface area contributed by atoms with E-state index in [1.54, 1.807) is 19.1 Å². The second-order valence-corrected chi connectivity index (χ2v) is 5.16. The lowest BCUT2D eigenvalue weighted by Gasteiger charge is -2.14. The number of hydrogen-bond donors (Lipinski definition) is 0. The first-order valence-corrected chi connectivity index (χ1v) is 8.33. The van der Waals surface area contributed by atoms with Gasteiger partial charge < -0.3 is 18.9 Å². The van der Waals surface area contributed by atoms with E-state index in [-0.39, 0.29) is 24.4 Å². The minimum atomic E-state index is -0.625. The van der Waals surface area contributed by atoms with Gasteiger partial charge in [-0.05, 0) is 37.1 Å². The fraction of sp³-hybridized carbons (Fsp3) is 0.474. The summed E-state index contributed by atoms with van der Waals surface area (Å²) >= 11 is 0. The molecule has 0 fully saturated rings. The lowest BCUT2D eigenvalue weighted by atomic mass is 10.0. The number of hydrogen-bond acceptors (Lipinski definition) is 6. The minimum absolute atomic E-state index is 0.00390. The number of benzene rings is 1. The Morgan fingerprint density at radius 2 is 1.64 bits per heavy atom. The van der Waals surface area contributed by atoms with Crippen molar-refractivity contribution in [3.05, 3.63) is 23.3 Å². The van der Waals surface area contributed by atoms with Gasteiger partial charge >= 0.3 is 5.97 Å². The number of carbonyl (C=O) groups excluding carboxylic acids is 2. The standard InChI is InChI=1S/C19H26O6/c1-6-9-25-19(21)14(15(20)7-2)10-13-11-16(22-4)18(24-8-3)17(12-13)23-5/h10-12H,6-9H2,1-5H3/b14-10+. The zero-order valence-corrected chi connectivity index (χ0v) is 15.5. The van der Waals surface area contributed by atoms with Crippen LogP contribution in [0.2, 0.25) is 0 Å². The van der Waals surface area contributed by atoms with Crippen LogP contribution < -0.4 is 14.2 Å². The molecule has 0 aliphatic carbocycles. The molecule has 0 amide bonds. The fourth-order valence-electron chi connectivity index (χ4n) is 2.15. The summed E-state index contributed by atoms with van der Waals surface area (Å²) in [4.78, 5) is 24.3. The maximum atomic E-state index is 12.2. The molecule has 25 heavy (non-hydrogen) atoms. The number of ether oxygens (including phenoxy) is 4. The van der Waals surface area contributed by atoms with E-state index in [0.717, 1.165) is 0 Å². The van der Waals surface area contributed by atoms with Crippen molar-refractivity contribution in [3.63, 3.8) is 0 Å². The lowest BCUT2D eigenvalue weighted by Crippen LogP contribution is -2.15. The molecule has 0 N–H and O–H groups in total. The summed E-state index contributed by atoms with van der Waals surface area (Å²) in [6.07, 6.45) is 2.38. The molecule has 0 unspecified atom stereocenters. The summed E-state index contributed by atoms with van der Waals surface area (Å²) in [7, 11) is 3.02. The topological polar surface area (TPSA) is 71.1 Å². The number of ketones is 1. The van der Waals surface area contributed by atoms with Crippen molar-refractivity contribution < 1.29 is 28.5 Å². The van der Waals surface area contributed by atoms with Crippen LogP contribution in [0.1, 0.15) is 39.2 Å². The highest BCUT2D eigenvalue weighted by atomic mass is 16.5. The second kappa shape index (κ2) is 10.4. The monoisotopic (exact) mass is 350 g/mol. The number of Topliss-reactive ketones (excluding diaryl/α,β-unsaturated/α-hetero) is 1. The number of rotatable bonds is 10. The molecule has 138 valence electrons. The Bertz CT molecular complexity index is 608. The Labute approximate surface area is 148 Å². The Hall–Kier alpha value is -2.50. The molecule has 0 atom stereocenters. The fourth-order valence-corrected chi connectivity index (χ4v) is 2.15. The van der Waals surface area contributed by atoms with E-state index in [9.17, 15) is 9.59 Å². The van der Waals surface area contributed by atoms with Crippen molar-refractivity contribution in [2.45, 2.75) is 33.6 Å². The summed E-state index contributed by atoms with van der Waals surface area (Å²) < 4.78 is 21.3. The Morgan fingerprint density at radius 1 is 1.04 bits per heavy atom. The largest absolute Gasteiger partial charge is 0.493 e. The van der Waals surface area contributed by atoms with Crippen molar-refractivity contribution in [2.75, 3.05) is 27.4 Å². The average Bonchev–Trinajstić information content (AvgIpc) is 2.64. The van der Waals surface area contributed by atoms with Gasteiger partial charge in [0.2, 0.25) is 5.75 Å². The molecule has 0 aliphatic heterocycles. The molecule has 0 heterocycles. The highest BCUT2D eigenvalue weighted by molar-refractivity contribution is 6.20. The predicted octanol–water partition coefficient (Wildman–Crippen LogP) is 3.42. The van der Waals surface area contributed by atoms with Crippen molar-refractivity contribution in [1.82, 2.24) is 0 Å². The van der Waals surface area contributed by atoms with E-state index in [1.807, 2.05) is 13.8 Å². The molecule has 1 aromatic carbocycles. The van der Waals surface area contributed by atoms with E-state index in [2.05, 4.69) is 0 Å². The SMILES string of the molecule is CCCOC(=O)/C(=C/c1cc(OC)c(OCC)c(OC)c1)C(=O)CC. The molecular formula is C19H26O6. The summed E-state index contributed by atoms with van der Waals surface area (Å²) in [6, 6.07) is 3.37. The van der Waals surface area contributed by atoms with Gasteiger partial charge in [0.1, 0.15) is 5.57 Å². The summed E-state index contributed by atoms with van der Waals surface area (Å²) in [5, 5.41) is 0. The third kappa shape index (κ3) is 5.52. The molecular weight excluding hydrogens is 324 g/mol. The number of carbonyl (C=O) groups is 2. The molecule has 0 saturated carbocycles. The van der Waals surface area contributed by atoms with Crippen LogP contribution in [0, 0.1) is 0 Å². The molecule has 0 radical (unpaired) electrons. The lowest BCUT2D eigenvalue weighted by molar-refractivity contribution is -0.140. The quantitative estimate of drug-likeness (QED) is 0.279. The molecule has 6 heteroatoms. The van der Waals surface area contributed by atoms with Gasteiger partial charge in [-0.15, -0.1) is 0 Å². The number of esters is 1. The van der Waals surface area contributed by atoms with Gasteiger partial charge in [0.05, 0.1) is 27.4 Å². The van der Waals surface area contributed by atoms with Gasteiger partial charge in [0.25, 0.3) is 0 Å². The van der Waals surface area contributed by atoms with Crippen molar-refractivity contribution >= 4 is 17.8 Å². The van der Waals surface area contributed by atoms with Crippen LogP contribution >= 0.6 is 0 Å². The third-order valence-electron chi connectivity index (χ3n) is 3.36. The van der Waals surface area contributed by atoms with E-state index >= 15 is 0 Å². The molecule has 0 aliphatic rings. The van der Waals surface area contributed by atoms with E-state index in [0.29, 0.717) is 35.8 Å². The van der Waals surface area contributed by atoms with Crippen LogP contribution in [0.25, 0.3) is 6.08 Å². The van der Waals surface area contributed by atoms with Crippen LogP contribution in [-0.4, -0.2) is 39.2 Å². The maximum Gasteiger partial charge on any atom is 0.341 e. The summed E-state index contributed by atoms with van der Waals surface area (Å²) in [5.74, 6) is 0.477. The summed E-state index contributed by atoms with van der Waals surface area (Å²) in [5.41, 5.74) is 0.589. The predicted molar refractivity (Wildman–Crippen MR) is 95.2 cm³/mol. The normalized spacial score (nSPS) is 11.0. The highest BCUT2D eigenvalue weighted by Gasteiger charge is 2.20. The Morgan fingerprint density at radius 3 is 2.08 bits per heavy atom. The van der Waals surface area contributed by atoms with Gasteiger partial charge in [-0.1, -0.05) is 13.8 Å². The van der Waals surface area contributed by atoms with Gasteiger partial charge in [0, 0.05) is 6.42 Å². The minimum Gasteiger partial charge on any atom is -0.493 e. The van der Waals surface area contributed by atoms with Crippen LogP contribution in [0.5, 0.6) is 17.2 Å². The van der Waals surface area contributed by atoms with Crippen molar-refractivity contribution in [1.29, 1.82) is 0 Å². The molecule has 0 aromatic heterocycles. The van der Waals surface area contributed by atoms with Crippen molar-refractivity contribution in [2.24, 2.45) is 0 Å². The average molecular weight is 350 g/mol. The number of methoxy groups -OCH3 is 2. The van der Waals surface area contributed by atoms with Gasteiger partial charge in [-0.2, -0.15) is 0 Å². The Balaban J connectivity index is 3.36. The maximum absolute atomic E-state index is 12.2. The molecule has 6 nitrogen and oxygen atoms in total. The summed E-state index contributed by atoms with van der Waals surface area (Å²) in [6.45, 7) is 6.16. The molecule has 0 bridgehead atoms. The molecule has 1 aromatic rings. The van der Waals surface area contributed by atoms with Crippen LogP contribution in [0.3, 0.4) is 0 Å². The van der Waals surface area contributed by atoms with Crippen LogP contribution in [0.15, 0.2) is 17.7 Å². The Kier molecular flexibility index (Phi) is 8.53. The van der Waals surface area contributed by atoms with Gasteiger partial charge in [-0.3, -0.25) is 4.79 Å². The first kappa shape index (κ1) is 20.5. The highest BCUT2D eigenvalue weighted by Crippen LogP contribution is 2.39. The zero-order chi connectivity index (χ0) is 18.8. The van der Waals surface area contributed by atoms with E-state index in [1.165, 1.54) is 20.3 Å². The second-order valence-electron chi connectivity index (χ2n) is 5.16. The smallest absolute Gasteiger partial charge is 0.341 e. The third-order valence-corrected chi connectivity index (χ3v) is 3.36. The van der Waals surface area contributed by atoms with E-state index in [4.69, 9.17) is 18.9 Å². The van der Waals surface area contributed by atoms with Crippen molar-refractivity contribution in [3.8, 4) is 17.2 Å². The van der Waals surface area contributed by atoms with Crippen LogP contribution in [-0.2, 0) is 14.3 Å². The molecule has 0 spiro atoms. The first-order valence-electron chi connectivity index (χ1n) is 8.33. The molecule has 0 saturated heterocycles.